The maximum atomic E-state index is 13.1. The fourth-order valence-corrected chi connectivity index (χ4v) is 9.70. The topological polar surface area (TPSA) is 54.0 Å². The van der Waals surface area contributed by atoms with Crippen LogP contribution in [0.5, 0.6) is 0 Å². The number of rotatable bonds is 9. The molecule has 262 valence electrons. The fraction of sp³-hybridized carbons (Fsp3) is 0.769. The molecule has 4 atom stereocenters. The van der Waals surface area contributed by atoms with Crippen LogP contribution in [0.1, 0.15) is 121 Å². The van der Waals surface area contributed by atoms with Crippen LogP contribution in [-0.4, -0.2) is 46.7 Å². The molecule has 2 fully saturated rings. The van der Waals surface area contributed by atoms with Gasteiger partial charge in [0.1, 0.15) is 12.2 Å². The predicted molar refractivity (Wildman–Crippen MR) is 198 cm³/mol. The average molecular weight is 673 g/mol. The van der Waals surface area contributed by atoms with Crippen LogP contribution in [0.4, 0.5) is 0 Å². The van der Waals surface area contributed by atoms with E-state index in [9.17, 15) is 4.79 Å². The highest BCUT2D eigenvalue weighted by Crippen LogP contribution is 2.56. The van der Waals surface area contributed by atoms with E-state index in [0.717, 1.165) is 30.4 Å². The van der Waals surface area contributed by atoms with Crippen LogP contribution < -0.4 is 0 Å². The number of fused-ring (bicyclic) bond motifs is 1. The molecule has 7 heteroatoms. The lowest BCUT2D eigenvalue weighted by molar-refractivity contribution is -0.218. The number of allylic oxidation sites excluding steroid dienone is 5. The first-order valence-corrected chi connectivity index (χ1v) is 23.6. The highest BCUT2D eigenvalue weighted by atomic mass is 28.4. The smallest absolute Gasteiger partial charge is 0.332 e. The number of hydrogen-bond donors (Lipinski definition) is 0. The molecule has 3 rings (SSSR count). The van der Waals surface area contributed by atoms with Crippen LogP contribution in [0.2, 0.25) is 36.3 Å². The minimum atomic E-state index is -2.36. The summed E-state index contributed by atoms with van der Waals surface area (Å²) in [6.45, 7) is 37.5. The summed E-state index contributed by atoms with van der Waals surface area (Å²) >= 11 is 0. The van der Waals surface area contributed by atoms with Gasteiger partial charge >= 0.3 is 5.97 Å². The van der Waals surface area contributed by atoms with Crippen molar-refractivity contribution in [1.82, 2.24) is 0 Å². The maximum Gasteiger partial charge on any atom is 0.332 e. The lowest BCUT2D eigenvalue weighted by Gasteiger charge is -2.51. The molecule has 1 unspecified atom stereocenters. The number of carbonyl (C=O) groups excluding carboxylic acids is 1. The Labute approximate surface area is 284 Å². The molecule has 2 saturated carbocycles. The standard InChI is InChI=1S/C39H68O5Si2/c1-17-31-22-23-32-29(19-18-24-38(31,32)12)20-21-30-25-39(44-46(15,16)37(9,10)11,41-27-34(40)42-35(3,4)5)26-33(28(30)2)43-45(13,14)36(6,7)8/h20-22,32-33H,2,17-19,23-27H2,1,3-16H3/t32-,33?,38+,39+/m0/s1. The molecular weight excluding hydrogens is 605 g/mol. The van der Waals surface area contributed by atoms with Crippen molar-refractivity contribution in [3.05, 3.63) is 47.1 Å². The van der Waals surface area contributed by atoms with Gasteiger partial charge in [-0.25, -0.2) is 4.79 Å². The summed E-state index contributed by atoms with van der Waals surface area (Å²) in [5, 5.41) is -0.0275. The van der Waals surface area contributed by atoms with Crippen LogP contribution in [0.3, 0.4) is 0 Å². The van der Waals surface area contributed by atoms with Crippen LogP contribution in [0, 0.1) is 11.3 Å². The van der Waals surface area contributed by atoms with Crippen molar-refractivity contribution >= 4 is 22.6 Å². The third kappa shape index (κ3) is 8.85. The minimum Gasteiger partial charge on any atom is -0.458 e. The SMILES string of the molecule is C=C1C(=CC=C2CCC[C@]3(C)C(CC)=CC[C@@H]23)C[C@@](OCC(=O)OC(C)(C)C)(O[Si](C)(C)C(C)(C)C)CC1O[Si](C)(C)C(C)(C)C. The van der Waals surface area contributed by atoms with Gasteiger partial charge in [-0.15, -0.1) is 0 Å². The van der Waals surface area contributed by atoms with Gasteiger partial charge in [0.05, 0.1) is 6.10 Å². The van der Waals surface area contributed by atoms with E-state index in [2.05, 4.69) is 106 Å². The zero-order valence-corrected chi connectivity index (χ0v) is 34.3. The van der Waals surface area contributed by atoms with Crippen molar-refractivity contribution in [2.75, 3.05) is 6.61 Å². The molecule has 46 heavy (non-hydrogen) atoms. The second kappa shape index (κ2) is 13.6. The van der Waals surface area contributed by atoms with Gasteiger partial charge < -0.3 is 18.3 Å². The van der Waals surface area contributed by atoms with Gasteiger partial charge in [-0.3, -0.25) is 0 Å². The van der Waals surface area contributed by atoms with Crippen molar-refractivity contribution in [3.63, 3.8) is 0 Å². The van der Waals surface area contributed by atoms with Crippen molar-refractivity contribution in [2.24, 2.45) is 11.3 Å². The number of carbonyl (C=O) groups is 1. The summed E-state index contributed by atoms with van der Waals surface area (Å²) in [7, 11) is -4.55. The molecule has 0 heterocycles. The van der Waals surface area contributed by atoms with Gasteiger partial charge in [-0.05, 0) is 112 Å². The van der Waals surface area contributed by atoms with E-state index < -0.39 is 28.0 Å². The van der Waals surface area contributed by atoms with Crippen LogP contribution >= 0.6 is 0 Å². The number of hydrogen-bond acceptors (Lipinski definition) is 5. The molecule has 3 aliphatic rings. The molecule has 0 saturated heterocycles. The normalized spacial score (nSPS) is 30.1. The highest BCUT2D eigenvalue weighted by molar-refractivity contribution is 6.74. The van der Waals surface area contributed by atoms with E-state index in [-0.39, 0.29) is 34.2 Å². The lowest BCUT2D eigenvalue weighted by Crippen LogP contribution is -2.56. The molecule has 0 radical (unpaired) electrons. The van der Waals surface area contributed by atoms with E-state index in [1.165, 1.54) is 18.4 Å². The Morgan fingerprint density at radius 2 is 1.61 bits per heavy atom. The minimum absolute atomic E-state index is 0.0237. The summed E-state index contributed by atoms with van der Waals surface area (Å²) < 4.78 is 26.8. The Bertz CT molecular complexity index is 1240. The Morgan fingerprint density at radius 1 is 1.00 bits per heavy atom. The molecule has 0 bridgehead atoms. The van der Waals surface area contributed by atoms with Gasteiger partial charge in [0.15, 0.2) is 22.4 Å². The van der Waals surface area contributed by atoms with Gasteiger partial charge in [0.2, 0.25) is 0 Å². The first-order valence-electron chi connectivity index (χ1n) is 17.8. The molecule has 5 nitrogen and oxygen atoms in total. The highest BCUT2D eigenvalue weighted by Gasteiger charge is 2.52. The average Bonchev–Trinajstić information content (AvgIpc) is 3.22. The van der Waals surface area contributed by atoms with Crippen LogP contribution in [-0.2, 0) is 23.1 Å². The number of ether oxygens (including phenoxy) is 2. The Kier molecular flexibility index (Phi) is 11.6. The second-order valence-electron chi connectivity index (χ2n) is 18.5. The first-order chi connectivity index (χ1) is 20.8. The summed E-state index contributed by atoms with van der Waals surface area (Å²) in [6, 6.07) is 0. The first kappa shape index (κ1) is 39.2. The van der Waals surface area contributed by atoms with Crippen LogP contribution in [0.25, 0.3) is 0 Å². The molecule has 0 aromatic heterocycles. The number of esters is 1. The Balaban J connectivity index is 2.11. The monoisotopic (exact) mass is 672 g/mol. The molecule has 3 aliphatic carbocycles. The van der Waals surface area contributed by atoms with Crippen molar-refractivity contribution < 1.29 is 23.1 Å². The third-order valence-electron chi connectivity index (χ3n) is 11.7. The summed E-state index contributed by atoms with van der Waals surface area (Å²) in [6.07, 6.45) is 13.8. The van der Waals surface area contributed by atoms with E-state index in [1.54, 1.807) is 5.57 Å². The Hall–Kier alpha value is -1.26. The van der Waals surface area contributed by atoms with Crippen molar-refractivity contribution in [1.29, 1.82) is 0 Å². The molecular formula is C39H68O5Si2. The van der Waals surface area contributed by atoms with E-state index in [1.807, 2.05) is 20.8 Å². The quantitative estimate of drug-likeness (QED) is 0.106. The zero-order chi connectivity index (χ0) is 35.1. The van der Waals surface area contributed by atoms with Crippen molar-refractivity contribution in [3.8, 4) is 0 Å². The summed E-state index contributed by atoms with van der Waals surface area (Å²) in [5.74, 6) is -0.864. The van der Waals surface area contributed by atoms with Gasteiger partial charge in [0.25, 0.3) is 0 Å². The Morgan fingerprint density at radius 3 is 2.15 bits per heavy atom. The molecule has 0 spiro atoms. The molecule has 0 amide bonds. The summed E-state index contributed by atoms with van der Waals surface area (Å²) in [4.78, 5) is 13.1. The van der Waals surface area contributed by atoms with Gasteiger partial charge in [-0.2, -0.15) is 0 Å². The van der Waals surface area contributed by atoms with Gasteiger partial charge in [0, 0.05) is 12.8 Å². The summed E-state index contributed by atoms with van der Waals surface area (Å²) in [5.41, 5.74) is 4.93. The van der Waals surface area contributed by atoms with Crippen LogP contribution in [0.15, 0.2) is 47.1 Å². The lowest BCUT2D eigenvalue weighted by atomic mass is 9.64. The van der Waals surface area contributed by atoms with E-state index in [4.69, 9.17) is 18.3 Å². The van der Waals surface area contributed by atoms with E-state index >= 15 is 0 Å². The third-order valence-corrected chi connectivity index (χ3v) is 20.7. The second-order valence-corrected chi connectivity index (χ2v) is 28.0. The maximum absolute atomic E-state index is 13.1. The molecule has 0 aromatic rings. The molecule has 0 aromatic carbocycles. The fourth-order valence-electron chi connectivity index (χ4n) is 6.96. The van der Waals surface area contributed by atoms with Gasteiger partial charge in [-0.1, -0.05) is 91.3 Å². The van der Waals surface area contributed by atoms with Crippen molar-refractivity contribution in [2.45, 2.75) is 175 Å². The van der Waals surface area contributed by atoms with E-state index in [0.29, 0.717) is 18.8 Å². The zero-order valence-electron chi connectivity index (χ0n) is 32.3. The largest absolute Gasteiger partial charge is 0.458 e. The molecule has 0 N–H and O–H groups in total. The predicted octanol–water partition coefficient (Wildman–Crippen LogP) is 11.2. The molecule has 0 aliphatic heterocycles.